The zero-order valence-corrected chi connectivity index (χ0v) is 9.90. The Morgan fingerprint density at radius 1 is 1.31 bits per heavy atom. The molecule has 92 valence electrons. The van der Waals surface area contributed by atoms with Crippen molar-refractivity contribution in [3.8, 4) is 0 Å². The molecule has 0 bridgehead atoms. The van der Waals surface area contributed by atoms with Crippen LogP contribution in [0, 0.1) is 5.92 Å². The zero-order chi connectivity index (χ0) is 11.2. The Morgan fingerprint density at radius 2 is 2.19 bits per heavy atom. The molecule has 0 aliphatic heterocycles. The lowest BCUT2D eigenvalue weighted by atomic mass is 10.0. The van der Waals surface area contributed by atoms with Crippen LogP contribution in [0.2, 0.25) is 0 Å². The number of hydrogen-bond donors (Lipinski definition) is 2. The van der Waals surface area contributed by atoms with E-state index in [1.807, 2.05) is 0 Å². The molecule has 2 N–H and O–H groups in total. The maximum Gasteiger partial charge on any atom is 0.0897 e. The standard InChI is InChI=1S/C13H23NO2/c15-13(10-16-9-11-6-7-11)8-14-12-4-2-1-3-5-12/h1-2,11-15H,3-10H2. The molecule has 0 saturated heterocycles. The van der Waals surface area contributed by atoms with Gasteiger partial charge in [0.15, 0.2) is 0 Å². The SMILES string of the molecule is OC(CNC1CC=CCC1)COCC1CC1. The van der Waals surface area contributed by atoms with Crippen LogP contribution in [0.5, 0.6) is 0 Å². The van der Waals surface area contributed by atoms with E-state index in [1.54, 1.807) is 0 Å². The fraction of sp³-hybridized carbons (Fsp3) is 0.846. The fourth-order valence-electron chi connectivity index (χ4n) is 2.00. The Hall–Kier alpha value is -0.380. The van der Waals surface area contributed by atoms with E-state index in [0.29, 0.717) is 19.2 Å². The number of hydrogen-bond acceptors (Lipinski definition) is 3. The quantitative estimate of drug-likeness (QED) is 0.645. The van der Waals surface area contributed by atoms with E-state index in [9.17, 15) is 5.11 Å². The first-order chi connectivity index (χ1) is 7.84. The summed E-state index contributed by atoms with van der Waals surface area (Å²) in [6.45, 7) is 1.97. The minimum Gasteiger partial charge on any atom is -0.389 e. The van der Waals surface area contributed by atoms with Crippen LogP contribution in [-0.4, -0.2) is 37.0 Å². The Kier molecular flexibility index (Phi) is 4.82. The van der Waals surface area contributed by atoms with Crippen molar-refractivity contribution in [3.05, 3.63) is 12.2 Å². The molecule has 2 aliphatic rings. The lowest BCUT2D eigenvalue weighted by Crippen LogP contribution is -2.37. The minimum atomic E-state index is -0.357. The molecular formula is C13H23NO2. The van der Waals surface area contributed by atoms with Crippen molar-refractivity contribution >= 4 is 0 Å². The van der Waals surface area contributed by atoms with Crippen molar-refractivity contribution in [1.29, 1.82) is 0 Å². The number of allylic oxidation sites excluding steroid dienone is 1. The van der Waals surface area contributed by atoms with Crippen LogP contribution in [0.1, 0.15) is 32.1 Å². The lowest BCUT2D eigenvalue weighted by molar-refractivity contribution is 0.0311. The molecular weight excluding hydrogens is 202 g/mol. The van der Waals surface area contributed by atoms with Gasteiger partial charge < -0.3 is 15.2 Å². The first-order valence-electron chi connectivity index (χ1n) is 6.49. The monoisotopic (exact) mass is 225 g/mol. The van der Waals surface area contributed by atoms with Crippen molar-refractivity contribution < 1.29 is 9.84 Å². The second-order valence-electron chi connectivity index (χ2n) is 5.02. The summed E-state index contributed by atoms with van der Waals surface area (Å²) in [7, 11) is 0. The van der Waals surface area contributed by atoms with E-state index < -0.39 is 0 Å². The van der Waals surface area contributed by atoms with E-state index in [0.717, 1.165) is 25.4 Å². The first kappa shape index (κ1) is 12.1. The Bertz CT molecular complexity index is 226. The van der Waals surface area contributed by atoms with Crippen LogP contribution >= 0.6 is 0 Å². The van der Waals surface area contributed by atoms with Gasteiger partial charge in [-0.25, -0.2) is 0 Å². The maximum absolute atomic E-state index is 9.71. The largest absolute Gasteiger partial charge is 0.389 e. The molecule has 1 fully saturated rings. The van der Waals surface area contributed by atoms with Crippen molar-refractivity contribution in [2.75, 3.05) is 19.8 Å². The van der Waals surface area contributed by atoms with Crippen molar-refractivity contribution in [2.45, 2.75) is 44.2 Å². The predicted molar refractivity (Wildman–Crippen MR) is 64.3 cm³/mol. The maximum atomic E-state index is 9.71. The van der Waals surface area contributed by atoms with Gasteiger partial charge in [0.05, 0.1) is 12.7 Å². The molecule has 1 saturated carbocycles. The second kappa shape index (κ2) is 6.38. The molecule has 2 atom stereocenters. The second-order valence-corrected chi connectivity index (χ2v) is 5.02. The van der Waals surface area contributed by atoms with Crippen LogP contribution in [0.15, 0.2) is 12.2 Å². The van der Waals surface area contributed by atoms with Crippen LogP contribution in [0.3, 0.4) is 0 Å². The summed E-state index contributed by atoms with van der Waals surface area (Å²) in [6.07, 6.45) is 10.1. The van der Waals surface area contributed by atoms with Crippen LogP contribution in [-0.2, 0) is 4.74 Å². The van der Waals surface area contributed by atoms with Gasteiger partial charge in [0.1, 0.15) is 0 Å². The molecule has 0 aromatic carbocycles. The molecule has 2 rings (SSSR count). The molecule has 0 radical (unpaired) electrons. The fourth-order valence-corrected chi connectivity index (χ4v) is 2.00. The summed E-state index contributed by atoms with van der Waals surface area (Å²) >= 11 is 0. The van der Waals surface area contributed by atoms with Crippen molar-refractivity contribution in [2.24, 2.45) is 5.92 Å². The van der Waals surface area contributed by atoms with Gasteiger partial charge in [-0.3, -0.25) is 0 Å². The smallest absolute Gasteiger partial charge is 0.0897 e. The molecule has 2 aliphatic carbocycles. The Balaban J connectivity index is 1.48. The first-order valence-corrected chi connectivity index (χ1v) is 6.49. The highest BCUT2D eigenvalue weighted by Crippen LogP contribution is 2.28. The summed E-state index contributed by atoms with van der Waals surface area (Å²) in [5.74, 6) is 0.781. The highest BCUT2D eigenvalue weighted by molar-refractivity contribution is 4.93. The van der Waals surface area contributed by atoms with Gasteiger partial charge in [0, 0.05) is 19.2 Å². The van der Waals surface area contributed by atoms with E-state index >= 15 is 0 Å². The van der Waals surface area contributed by atoms with Gasteiger partial charge in [-0.1, -0.05) is 12.2 Å². The molecule has 0 spiro atoms. The topological polar surface area (TPSA) is 41.5 Å². The molecule has 0 aromatic heterocycles. The molecule has 3 heteroatoms. The average molecular weight is 225 g/mol. The summed E-state index contributed by atoms with van der Waals surface area (Å²) in [5.41, 5.74) is 0. The zero-order valence-electron chi connectivity index (χ0n) is 9.90. The van der Waals surface area contributed by atoms with Crippen molar-refractivity contribution in [3.63, 3.8) is 0 Å². The molecule has 0 aromatic rings. The minimum absolute atomic E-state index is 0.357. The van der Waals surface area contributed by atoms with E-state index in [4.69, 9.17) is 4.74 Å². The molecule has 0 amide bonds. The molecule has 2 unspecified atom stereocenters. The predicted octanol–water partition coefficient (Wildman–Crippen LogP) is 1.47. The summed E-state index contributed by atoms with van der Waals surface area (Å²) in [5, 5.41) is 13.1. The average Bonchev–Trinajstić information content (AvgIpc) is 3.12. The third-order valence-electron chi connectivity index (χ3n) is 3.27. The molecule has 16 heavy (non-hydrogen) atoms. The summed E-state index contributed by atoms with van der Waals surface area (Å²) < 4.78 is 5.46. The third kappa shape index (κ3) is 4.64. The Morgan fingerprint density at radius 3 is 2.88 bits per heavy atom. The van der Waals surface area contributed by atoms with Gasteiger partial charge in [-0.15, -0.1) is 0 Å². The number of rotatable bonds is 7. The number of aliphatic hydroxyl groups is 1. The Labute approximate surface area is 97.9 Å². The number of ether oxygens (including phenoxy) is 1. The summed E-state index contributed by atoms with van der Waals surface area (Å²) in [6, 6.07) is 0.545. The van der Waals surface area contributed by atoms with Crippen LogP contribution in [0.4, 0.5) is 0 Å². The van der Waals surface area contributed by atoms with Crippen LogP contribution < -0.4 is 5.32 Å². The van der Waals surface area contributed by atoms with Gasteiger partial charge in [0.2, 0.25) is 0 Å². The summed E-state index contributed by atoms with van der Waals surface area (Å²) in [4.78, 5) is 0. The number of nitrogens with one attached hydrogen (secondary N) is 1. The molecule has 3 nitrogen and oxygen atoms in total. The van der Waals surface area contributed by atoms with Gasteiger partial charge in [-0.05, 0) is 38.0 Å². The van der Waals surface area contributed by atoms with Crippen LogP contribution in [0.25, 0.3) is 0 Å². The molecule has 0 heterocycles. The van der Waals surface area contributed by atoms with E-state index in [2.05, 4.69) is 17.5 Å². The highest BCUT2D eigenvalue weighted by Gasteiger charge is 2.21. The van der Waals surface area contributed by atoms with E-state index in [1.165, 1.54) is 19.3 Å². The van der Waals surface area contributed by atoms with Gasteiger partial charge >= 0.3 is 0 Å². The highest BCUT2D eigenvalue weighted by atomic mass is 16.5. The third-order valence-corrected chi connectivity index (χ3v) is 3.27. The van der Waals surface area contributed by atoms with Gasteiger partial charge in [0.25, 0.3) is 0 Å². The lowest BCUT2D eigenvalue weighted by Gasteiger charge is -2.21. The van der Waals surface area contributed by atoms with Gasteiger partial charge in [-0.2, -0.15) is 0 Å². The van der Waals surface area contributed by atoms with Crippen molar-refractivity contribution in [1.82, 2.24) is 5.32 Å². The number of aliphatic hydroxyl groups excluding tert-OH is 1. The van der Waals surface area contributed by atoms with E-state index in [-0.39, 0.29) is 6.10 Å². The normalized spacial score (nSPS) is 26.9.